The number of nitrogens with one attached hydrogen (secondary N) is 1. The van der Waals surface area contributed by atoms with Crippen LogP contribution >= 0.6 is 11.8 Å². The van der Waals surface area contributed by atoms with Gasteiger partial charge in [-0.3, -0.25) is 0 Å². The number of benzene rings is 1. The van der Waals surface area contributed by atoms with E-state index in [0.29, 0.717) is 31.4 Å². The zero-order chi connectivity index (χ0) is 24.0. The third-order valence-corrected chi connectivity index (χ3v) is 7.18. The molecule has 0 amide bonds. The second-order valence-electron chi connectivity index (χ2n) is 9.13. The van der Waals surface area contributed by atoms with Gasteiger partial charge in [-0.25, -0.2) is 15.0 Å². The molecule has 0 saturated heterocycles. The summed E-state index contributed by atoms with van der Waals surface area (Å²) in [6, 6.07) is 6.50. The van der Waals surface area contributed by atoms with Crippen LogP contribution in [0.4, 0.5) is 11.5 Å². The Bertz CT molecular complexity index is 1250. The van der Waals surface area contributed by atoms with Crippen molar-refractivity contribution in [1.82, 2.24) is 15.0 Å². The van der Waals surface area contributed by atoms with Crippen LogP contribution in [0.2, 0.25) is 0 Å². The van der Waals surface area contributed by atoms with Crippen LogP contribution in [0, 0.1) is 13.8 Å². The SMILES string of the molecule is Cc1cc(-c2cnc3c(c2)NC(N)S3)cc2c1OCCN(c1nc(CN)nc(C)c1C(C)C)C2. The van der Waals surface area contributed by atoms with Crippen LogP contribution in [0.15, 0.2) is 29.4 Å². The third-order valence-electron chi connectivity index (χ3n) is 6.26. The summed E-state index contributed by atoms with van der Waals surface area (Å²) in [5.74, 6) is 2.87. The maximum atomic E-state index is 6.24. The number of pyridine rings is 1. The van der Waals surface area contributed by atoms with Crippen molar-refractivity contribution in [3.8, 4) is 16.9 Å². The summed E-state index contributed by atoms with van der Waals surface area (Å²) in [5, 5.41) is 4.21. The van der Waals surface area contributed by atoms with Gasteiger partial charge in [-0.2, -0.15) is 0 Å². The summed E-state index contributed by atoms with van der Waals surface area (Å²) in [5.41, 5.74) is 19.3. The molecule has 178 valence electrons. The first-order valence-corrected chi connectivity index (χ1v) is 12.5. The third kappa shape index (κ3) is 4.19. The number of nitrogens with zero attached hydrogens (tertiary/aromatic N) is 4. The summed E-state index contributed by atoms with van der Waals surface area (Å²) in [7, 11) is 0. The first-order chi connectivity index (χ1) is 16.3. The van der Waals surface area contributed by atoms with Crippen molar-refractivity contribution in [3.63, 3.8) is 0 Å². The Morgan fingerprint density at radius 2 is 2.03 bits per heavy atom. The van der Waals surface area contributed by atoms with E-state index in [0.717, 1.165) is 62.3 Å². The Hall–Kier alpha value is -2.88. The minimum absolute atomic E-state index is 0.154. The molecule has 9 heteroatoms. The van der Waals surface area contributed by atoms with Crippen LogP contribution < -0.4 is 26.4 Å². The molecule has 0 bridgehead atoms. The van der Waals surface area contributed by atoms with E-state index in [1.54, 1.807) is 0 Å². The van der Waals surface area contributed by atoms with Crippen LogP contribution in [0.1, 0.15) is 48.0 Å². The monoisotopic (exact) mass is 477 g/mol. The smallest absolute Gasteiger partial charge is 0.144 e. The van der Waals surface area contributed by atoms with Gasteiger partial charge in [0.1, 0.15) is 34.5 Å². The molecule has 0 fully saturated rings. The molecule has 5 rings (SSSR count). The van der Waals surface area contributed by atoms with E-state index >= 15 is 0 Å². The van der Waals surface area contributed by atoms with Crippen LogP contribution in [-0.2, 0) is 13.1 Å². The van der Waals surface area contributed by atoms with Gasteiger partial charge in [-0.1, -0.05) is 25.6 Å². The molecule has 2 aliphatic heterocycles. The molecule has 1 unspecified atom stereocenters. The fourth-order valence-corrected chi connectivity index (χ4v) is 5.59. The number of aryl methyl sites for hydroxylation is 2. The number of fused-ring (bicyclic) bond motifs is 2. The Balaban J connectivity index is 1.55. The molecule has 2 aliphatic rings. The van der Waals surface area contributed by atoms with Gasteiger partial charge in [-0.15, -0.1) is 0 Å². The summed E-state index contributed by atoms with van der Waals surface area (Å²) < 4.78 is 6.24. The van der Waals surface area contributed by atoms with E-state index in [1.807, 2.05) is 13.1 Å². The molecule has 0 radical (unpaired) electrons. The highest BCUT2D eigenvalue weighted by atomic mass is 32.2. The lowest BCUT2D eigenvalue weighted by atomic mass is 9.99. The zero-order valence-corrected chi connectivity index (χ0v) is 20.9. The molecular weight excluding hydrogens is 446 g/mol. The van der Waals surface area contributed by atoms with Gasteiger partial charge in [0.25, 0.3) is 0 Å². The van der Waals surface area contributed by atoms with Gasteiger partial charge in [0.05, 0.1) is 18.8 Å². The Morgan fingerprint density at radius 1 is 1.21 bits per heavy atom. The number of anilines is 2. The maximum absolute atomic E-state index is 6.24. The predicted molar refractivity (Wildman–Crippen MR) is 137 cm³/mol. The van der Waals surface area contributed by atoms with Gasteiger partial charge in [0.15, 0.2) is 0 Å². The number of aromatic nitrogens is 3. The molecule has 1 aromatic carbocycles. The van der Waals surface area contributed by atoms with Crippen molar-refractivity contribution in [2.24, 2.45) is 11.5 Å². The quantitative estimate of drug-likeness (QED) is 0.514. The van der Waals surface area contributed by atoms with Crippen molar-refractivity contribution in [1.29, 1.82) is 0 Å². The standard InChI is InChI=1S/C25H31N7OS/c1-13(2)21-15(4)29-20(10-26)31-23(21)32-5-6-33-22-14(3)7-16(8-18(22)12-32)17-9-19-24(28-11-17)34-25(27)30-19/h7-9,11,13,25,30H,5-6,10,12,26-27H2,1-4H3. The minimum Gasteiger partial charge on any atom is -0.491 e. The number of hydrogen-bond acceptors (Lipinski definition) is 9. The largest absolute Gasteiger partial charge is 0.491 e. The van der Waals surface area contributed by atoms with Crippen molar-refractivity contribution >= 4 is 23.3 Å². The Morgan fingerprint density at radius 3 is 2.79 bits per heavy atom. The lowest BCUT2D eigenvalue weighted by Gasteiger charge is -2.26. The van der Waals surface area contributed by atoms with E-state index in [-0.39, 0.29) is 5.50 Å². The highest BCUT2D eigenvalue weighted by Gasteiger charge is 2.25. The summed E-state index contributed by atoms with van der Waals surface area (Å²) >= 11 is 1.54. The van der Waals surface area contributed by atoms with Gasteiger partial charge < -0.3 is 26.4 Å². The second-order valence-corrected chi connectivity index (χ2v) is 10.3. The van der Waals surface area contributed by atoms with E-state index in [9.17, 15) is 0 Å². The number of rotatable bonds is 4. The van der Waals surface area contributed by atoms with Crippen LogP contribution in [-0.4, -0.2) is 33.6 Å². The Kier molecular flexibility index (Phi) is 6.09. The number of ether oxygens (including phenoxy) is 1. The lowest BCUT2D eigenvalue weighted by molar-refractivity contribution is 0.329. The molecule has 34 heavy (non-hydrogen) atoms. The molecule has 0 aliphatic carbocycles. The van der Waals surface area contributed by atoms with Gasteiger partial charge in [-0.05, 0) is 49.1 Å². The van der Waals surface area contributed by atoms with E-state index in [1.165, 1.54) is 11.8 Å². The number of nitrogens with two attached hydrogens (primary N) is 2. The van der Waals surface area contributed by atoms with Gasteiger partial charge in [0.2, 0.25) is 0 Å². The minimum atomic E-state index is -0.154. The molecule has 1 atom stereocenters. The molecule has 4 heterocycles. The Labute approximate surface area is 204 Å². The normalized spacial score (nSPS) is 17.1. The molecule has 0 spiro atoms. The number of thioether (sulfide) groups is 1. The van der Waals surface area contributed by atoms with E-state index < -0.39 is 0 Å². The summed E-state index contributed by atoms with van der Waals surface area (Å²) in [4.78, 5) is 16.4. The summed E-state index contributed by atoms with van der Waals surface area (Å²) in [6.45, 7) is 10.8. The molecule has 5 N–H and O–H groups in total. The zero-order valence-electron chi connectivity index (χ0n) is 20.1. The highest BCUT2D eigenvalue weighted by Crippen LogP contribution is 2.39. The lowest BCUT2D eigenvalue weighted by Crippen LogP contribution is -2.29. The van der Waals surface area contributed by atoms with E-state index in [4.69, 9.17) is 21.2 Å². The fourth-order valence-electron chi connectivity index (χ4n) is 4.80. The predicted octanol–water partition coefficient (Wildman–Crippen LogP) is 3.90. The van der Waals surface area contributed by atoms with Crippen molar-refractivity contribution in [3.05, 3.63) is 52.6 Å². The van der Waals surface area contributed by atoms with Crippen LogP contribution in [0.5, 0.6) is 5.75 Å². The molecule has 3 aromatic rings. The molecular formula is C25H31N7OS. The van der Waals surface area contributed by atoms with Crippen molar-refractivity contribution in [2.45, 2.75) is 57.2 Å². The average molecular weight is 478 g/mol. The maximum Gasteiger partial charge on any atom is 0.144 e. The molecule has 0 saturated carbocycles. The van der Waals surface area contributed by atoms with Crippen molar-refractivity contribution < 1.29 is 4.74 Å². The second kappa shape index (κ2) is 9.05. The van der Waals surface area contributed by atoms with Gasteiger partial charge >= 0.3 is 0 Å². The molecule has 8 nitrogen and oxygen atoms in total. The fraction of sp³-hybridized carbons (Fsp3) is 0.400. The van der Waals surface area contributed by atoms with Gasteiger partial charge in [0, 0.05) is 35.1 Å². The van der Waals surface area contributed by atoms with Crippen LogP contribution in [0.25, 0.3) is 11.1 Å². The topological polar surface area (TPSA) is 115 Å². The van der Waals surface area contributed by atoms with E-state index in [2.05, 4.69) is 59.2 Å². The average Bonchev–Trinajstić information content (AvgIpc) is 3.03. The first kappa shape index (κ1) is 22.9. The molecule has 2 aromatic heterocycles. The van der Waals surface area contributed by atoms with Crippen molar-refractivity contribution in [2.75, 3.05) is 23.4 Å². The summed E-state index contributed by atoms with van der Waals surface area (Å²) in [6.07, 6.45) is 1.92. The first-order valence-electron chi connectivity index (χ1n) is 11.6. The van der Waals surface area contributed by atoms with Crippen LogP contribution in [0.3, 0.4) is 0 Å². The number of hydrogen-bond donors (Lipinski definition) is 3. The highest BCUT2D eigenvalue weighted by molar-refractivity contribution is 8.00.